The summed E-state index contributed by atoms with van der Waals surface area (Å²) in [7, 11) is 0. The maximum Gasteiger partial charge on any atom is 0.226 e. The van der Waals surface area contributed by atoms with E-state index < -0.39 is 0 Å². The van der Waals surface area contributed by atoms with Gasteiger partial charge in [0.2, 0.25) is 5.91 Å². The van der Waals surface area contributed by atoms with Gasteiger partial charge < -0.3 is 5.73 Å². The van der Waals surface area contributed by atoms with Crippen LogP contribution in [0.25, 0.3) is 0 Å². The van der Waals surface area contributed by atoms with Crippen molar-refractivity contribution in [2.75, 3.05) is 13.1 Å². The molecule has 0 saturated heterocycles. The fraction of sp³-hybridized carbons (Fsp3) is 0.600. The highest BCUT2D eigenvalue weighted by Crippen LogP contribution is 1.96. The lowest BCUT2D eigenvalue weighted by molar-refractivity contribution is -0.124. The Balaban J connectivity index is 2.63. The van der Waals surface area contributed by atoms with Crippen molar-refractivity contribution in [3.63, 3.8) is 0 Å². The largest absolute Gasteiger partial charge is 0.369 e. The zero-order valence-electron chi connectivity index (χ0n) is 5.29. The molecular formula is C5H9N3O. The summed E-state index contributed by atoms with van der Waals surface area (Å²) in [5.41, 5.74) is 5.34. The van der Waals surface area contributed by atoms with Gasteiger partial charge in [-0.05, 0) is 0 Å². The molecule has 0 aliphatic carbocycles. The molecule has 1 aliphatic rings. The second-order valence-corrected chi connectivity index (χ2v) is 1.91. The van der Waals surface area contributed by atoms with Crippen LogP contribution in [0.2, 0.25) is 0 Å². The Morgan fingerprint density at radius 1 is 1.89 bits per heavy atom. The number of amides is 1. The molecule has 0 saturated carbocycles. The number of nitrogens with zero attached hydrogens (tertiary/aromatic N) is 2. The first-order valence-electron chi connectivity index (χ1n) is 2.80. The van der Waals surface area contributed by atoms with Crippen LogP contribution in [0.4, 0.5) is 0 Å². The first kappa shape index (κ1) is 6.07. The van der Waals surface area contributed by atoms with E-state index in [1.807, 2.05) is 0 Å². The first-order valence-corrected chi connectivity index (χ1v) is 2.80. The molecule has 1 rings (SSSR count). The zero-order valence-corrected chi connectivity index (χ0v) is 5.29. The number of hydrogen-bond donors (Lipinski definition) is 1. The maximum absolute atomic E-state index is 10.6. The molecule has 1 heterocycles. The van der Waals surface area contributed by atoms with Gasteiger partial charge in [0.05, 0.1) is 6.54 Å². The second-order valence-electron chi connectivity index (χ2n) is 1.91. The van der Waals surface area contributed by atoms with E-state index in [0.717, 1.165) is 0 Å². The summed E-state index contributed by atoms with van der Waals surface area (Å²) >= 11 is 0. The van der Waals surface area contributed by atoms with E-state index in [1.165, 1.54) is 11.8 Å². The van der Waals surface area contributed by atoms with Crippen LogP contribution in [0.5, 0.6) is 0 Å². The van der Waals surface area contributed by atoms with Crippen LogP contribution in [0.15, 0.2) is 4.99 Å². The number of guanidine groups is 1. The van der Waals surface area contributed by atoms with Crippen LogP contribution < -0.4 is 5.73 Å². The van der Waals surface area contributed by atoms with Crippen molar-refractivity contribution < 1.29 is 4.79 Å². The van der Waals surface area contributed by atoms with E-state index in [2.05, 4.69) is 4.99 Å². The number of carbonyl (C=O) groups excluding carboxylic acids is 1. The van der Waals surface area contributed by atoms with Crippen molar-refractivity contribution >= 4 is 11.9 Å². The van der Waals surface area contributed by atoms with Crippen LogP contribution in [0.1, 0.15) is 6.92 Å². The number of hydrogen-bond acceptors (Lipinski definition) is 3. The third kappa shape index (κ3) is 1.01. The SMILES string of the molecule is CC(=O)N1CCN=C1N. The summed E-state index contributed by atoms with van der Waals surface area (Å²) in [6, 6.07) is 0. The number of aliphatic imine (C=N–C) groups is 1. The first-order chi connectivity index (χ1) is 4.22. The maximum atomic E-state index is 10.6. The lowest BCUT2D eigenvalue weighted by atomic mass is 10.5. The third-order valence-corrected chi connectivity index (χ3v) is 1.25. The normalized spacial score (nSPS) is 17.9. The van der Waals surface area contributed by atoms with Crippen molar-refractivity contribution in [1.29, 1.82) is 0 Å². The van der Waals surface area contributed by atoms with Crippen molar-refractivity contribution in [1.82, 2.24) is 4.90 Å². The summed E-state index contributed by atoms with van der Waals surface area (Å²) < 4.78 is 0. The predicted molar refractivity (Wildman–Crippen MR) is 33.9 cm³/mol. The molecular weight excluding hydrogens is 118 g/mol. The van der Waals surface area contributed by atoms with Crippen LogP contribution in [-0.4, -0.2) is 29.9 Å². The van der Waals surface area contributed by atoms with Crippen LogP contribution in [0, 0.1) is 0 Å². The van der Waals surface area contributed by atoms with Gasteiger partial charge in [0.25, 0.3) is 0 Å². The van der Waals surface area contributed by atoms with Gasteiger partial charge in [0.1, 0.15) is 0 Å². The molecule has 2 N–H and O–H groups in total. The van der Waals surface area contributed by atoms with E-state index in [1.54, 1.807) is 0 Å². The number of rotatable bonds is 0. The Hall–Kier alpha value is -1.06. The molecule has 4 nitrogen and oxygen atoms in total. The fourth-order valence-electron chi connectivity index (χ4n) is 0.783. The third-order valence-electron chi connectivity index (χ3n) is 1.25. The second kappa shape index (κ2) is 2.05. The molecule has 9 heavy (non-hydrogen) atoms. The van der Waals surface area contributed by atoms with Gasteiger partial charge in [-0.1, -0.05) is 0 Å². The molecule has 1 amide bonds. The van der Waals surface area contributed by atoms with Gasteiger partial charge in [0.15, 0.2) is 5.96 Å². The summed E-state index contributed by atoms with van der Waals surface area (Å²) in [5.74, 6) is 0.316. The predicted octanol–water partition coefficient (Wildman–Crippen LogP) is -0.837. The molecule has 0 spiro atoms. The average Bonchev–Trinajstić information content (AvgIpc) is 2.13. The van der Waals surface area contributed by atoms with Crippen molar-refractivity contribution in [2.24, 2.45) is 10.7 Å². The van der Waals surface area contributed by atoms with Gasteiger partial charge in [0, 0.05) is 13.5 Å². The minimum Gasteiger partial charge on any atom is -0.369 e. The number of carbonyl (C=O) groups is 1. The van der Waals surface area contributed by atoms with Gasteiger partial charge in [-0.25, -0.2) is 0 Å². The smallest absolute Gasteiger partial charge is 0.226 e. The highest BCUT2D eigenvalue weighted by molar-refractivity contribution is 5.96. The van der Waals surface area contributed by atoms with Crippen molar-refractivity contribution in [3.8, 4) is 0 Å². The highest BCUT2D eigenvalue weighted by atomic mass is 16.2. The van der Waals surface area contributed by atoms with Crippen molar-refractivity contribution in [2.45, 2.75) is 6.92 Å². The molecule has 0 aromatic carbocycles. The highest BCUT2D eigenvalue weighted by Gasteiger charge is 2.16. The molecule has 0 atom stereocenters. The van der Waals surface area contributed by atoms with E-state index >= 15 is 0 Å². The van der Waals surface area contributed by atoms with Gasteiger partial charge in [-0.3, -0.25) is 14.7 Å². The van der Waals surface area contributed by atoms with E-state index in [9.17, 15) is 4.79 Å². The van der Waals surface area contributed by atoms with Crippen LogP contribution in [0.3, 0.4) is 0 Å². The Bertz CT molecular complexity index is 164. The Morgan fingerprint density at radius 3 is 2.78 bits per heavy atom. The monoisotopic (exact) mass is 127 g/mol. The van der Waals surface area contributed by atoms with E-state index in [-0.39, 0.29) is 5.91 Å². The zero-order chi connectivity index (χ0) is 6.85. The average molecular weight is 127 g/mol. The molecule has 0 radical (unpaired) electrons. The lowest BCUT2D eigenvalue weighted by Gasteiger charge is -2.10. The van der Waals surface area contributed by atoms with E-state index in [0.29, 0.717) is 19.0 Å². The Kier molecular flexibility index (Phi) is 1.38. The van der Waals surface area contributed by atoms with Crippen LogP contribution >= 0.6 is 0 Å². The Labute approximate surface area is 53.3 Å². The topological polar surface area (TPSA) is 58.7 Å². The molecule has 0 aromatic rings. The standard InChI is InChI=1S/C5H9N3O/c1-4(9)8-3-2-7-5(8)6/h2-3H2,1H3,(H2,6,7). The lowest BCUT2D eigenvalue weighted by Crippen LogP contribution is -2.37. The minimum absolute atomic E-state index is 0.0336. The van der Waals surface area contributed by atoms with Gasteiger partial charge in [-0.2, -0.15) is 0 Å². The molecule has 0 bridgehead atoms. The quantitative estimate of drug-likeness (QED) is 0.461. The molecule has 1 aliphatic heterocycles. The van der Waals surface area contributed by atoms with E-state index in [4.69, 9.17) is 5.73 Å². The van der Waals surface area contributed by atoms with Gasteiger partial charge >= 0.3 is 0 Å². The molecule has 0 aromatic heterocycles. The number of nitrogens with two attached hydrogens (primary N) is 1. The molecule has 4 heteroatoms. The minimum atomic E-state index is -0.0336. The summed E-state index contributed by atoms with van der Waals surface area (Å²) in [5, 5.41) is 0. The van der Waals surface area contributed by atoms with Crippen molar-refractivity contribution in [3.05, 3.63) is 0 Å². The summed E-state index contributed by atoms with van der Waals surface area (Å²) in [4.78, 5) is 15.9. The molecule has 0 fully saturated rings. The molecule has 0 unspecified atom stereocenters. The Morgan fingerprint density at radius 2 is 2.56 bits per heavy atom. The van der Waals surface area contributed by atoms with Gasteiger partial charge in [-0.15, -0.1) is 0 Å². The molecule has 50 valence electrons. The summed E-state index contributed by atoms with van der Waals surface area (Å²) in [6.45, 7) is 2.76. The van der Waals surface area contributed by atoms with Crippen LogP contribution in [-0.2, 0) is 4.79 Å². The summed E-state index contributed by atoms with van der Waals surface area (Å²) in [6.07, 6.45) is 0. The fourth-order valence-corrected chi connectivity index (χ4v) is 0.783.